The zero-order valence-electron chi connectivity index (χ0n) is 16.0. The van der Waals surface area contributed by atoms with Crippen molar-refractivity contribution < 1.29 is 42.5 Å². The summed E-state index contributed by atoms with van der Waals surface area (Å²) in [6.07, 6.45) is -9.31. The van der Waals surface area contributed by atoms with E-state index >= 15 is 0 Å². The molecule has 4 atom stereocenters. The number of nitrogens with zero attached hydrogens (tertiary/aromatic N) is 3. The van der Waals surface area contributed by atoms with Gasteiger partial charge in [-0.1, -0.05) is 5.16 Å². The van der Waals surface area contributed by atoms with Crippen LogP contribution in [0.3, 0.4) is 0 Å². The van der Waals surface area contributed by atoms with Gasteiger partial charge in [-0.05, 0) is 12.1 Å². The highest BCUT2D eigenvalue weighted by molar-refractivity contribution is 5.80. The quantitative estimate of drug-likeness (QED) is 0.468. The van der Waals surface area contributed by atoms with Gasteiger partial charge < -0.3 is 29.3 Å². The molecule has 3 N–H and O–H groups in total. The fourth-order valence-electron chi connectivity index (χ4n) is 3.41. The predicted octanol–water partition coefficient (Wildman–Crippen LogP) is -0.290. The Hall–Kier alpha value is -3.20. The second-order valence-corrected chi connectivity index (χ2v) is 6.99. The Morgan fingerprint density at radius 3 is 2.56 bits per heavy atom. The van der Waals surface area contributed by atoms with Crippen molar-refractivity contribution in [3.63, 3.8) is 0 Å². The molecule has 1 saturated heterocycles. The van der Waals surface area contributed by atoms with Crippen molar-refractivity contribution in [3.8, 4) is 5.75 Å². The molecule has 1 aliphatic rings. The van der Waals surface area contributed by atoms with Gasteiger partial charge in [0.1, 0.15) is 29.8 Å². The lowest BCUT2D eigenvalue weighted by Crippen LogP contribution is -2.43. The van der Waals surface area contributed by atoms with Crippen LogP contribution in [0.1, 0.15) is 11.9 Å². The third kappa shape index (κ3) is 4.00. The minimum Gasteiger partial charge on any atom is -0.406 e. The highest BCUT2D eigenvalue weighted by Gasteiger charge is 2.44. The molecule has 11 nitrogen and oxygen atoms in total. The molecule has 0 spiro atoms. The van der Waals surface area contributed by atoms with Crippen LogP contribution in [0.15, 0.2) is 44.6 Å². The van der Waals surface area contributed by atoms with Crippen LogP contribution >= 0.6 is 0 Å². The van der Waals surface area contributed by atoms with E-state index in [-0.39, 0.29) is 16.7 Å². The molecule has 0 aliphatic carbocycles. The second kappa shape index (κ2) is 8.05. The summed E-state index contributed by atoms with van der Waals surface area (Å²) in [5.74, 6) is -0.531. The molecule has 0 bridgehead atoms. The fraction of sp³-hybridized carbons (Fsp3) is 0.389. The van der Waals surface area contributed by atoms with E-state index in [4.69, 9.17) is 9.26 Å². The summed E-state index contributed by atoms with van der Waals surface area (Å²) in [6.45, 7) is -1.01. The number of alkyl halides is 3. The second-order valence-electron chi connectivity index (χ2n) is 6.99. The molecule has 4 unspecified atom stereocenters. The summed E-state index contributed by atoms with van der Waals surface area (Å²) in [7, 11) is 0. The lowest BCUT2D eigenvalue weighted by atomic mass is 10.1. The fourth-order valence-corrected chi connectivity index (χ4v) is 3.41. The number of aliphatic hydroxyl groups is 3. The topological polar surface area (TPSA) is 149 Å². The van der Waals surface area contributed by atoms with Crippen LogP contribution < -0.4 is 16.0 Å². The smallest absolute Gasteiger partial charge is 0.406 e. The Labute approximate surface area is 175 Å². The monoisotopic (exact) mass is 459 g/mol. The van der Waals surface area contributed by atoms with Gasteiger partial charge in [0.2, 0.25) is 0 Å². The number of fused-ring (bicyclic) bond motifs is 1. The van der Waals surface area contributed by atoms with Crippen LogP contribution in [0.5, 0.6) is 5.75 Å². The van der Waals surface area contributed by atoms with Crippen LogP contribution in [0.2, 0.25) is 0 Å². The average Bonchev–Trinajstić information content (AvgIpc) is 3.25. The number of aromatic nitrogens is 3. The van der Waals surface area contributed by atoms with Crippen molar-refractivity contribution in [2.75, 3.05) is 6.61 Å². The summed E-state index contributed by atoms with van der Waals surface area (Å²) >= 11 is 0. The van der Waals surface area contributed by atoms with Crippen LogP contribution in [-0.4, -0.2) is 60.9 Å². The molecule has 1 aromatic carbocycles. The lowest BCUT2D eigenvalue weighted by molar-refractivity contribution is -0.274. The van der Waals surface area contributed by atoms with Gasteiger partial charge in [0.05, 0.1) is 13.2 Å². The van der Waals surface area contributed by atoms with Gasteiger partial charge >= 0.3 is 12.1 Å². The maximum Gasteiger partial charge on any atom is 0.573 e. The molecule has 0 saturated carbocycles. The van der Waals surface area contributed by atoms with Crippen molar-refractivity contribution in [3.05, 3.63) is 57.0 Å². The van der Waals surface area contributed by atoms with Crippen molar-refractivity contribution in [2.24, 2.45) is 0 Å². The van der Waals surface area contributed by atoms with Crippen molar-refractivity contribution >= 4 is 11.0 Å². The molecular weight excluding hydrogens is 443 g/mol. The van der Waals surface area contributed by atoms with Crippen molar-refractivity contribution in [1.29, 1.82) is 0 Å². The Morgan fingerprint density at radius 1 is 1.16 bits per heavy atom. The van der Waals surface area contributed by atoms with E-state index in [1.807, 2.05) is 0 Å². The summed E-state index contributed by atoms with van der Waals surface area (Å²) in [4.78, 5) is 25.2. The van der Waals surface area contributed by atoms with Gasteiger partial charge in [-0.25, -0.2) is 4.79 Å². The molecule has 4 rings (SSSR count). The molecule has 3 aromatic rings. The molecular formula is C18H16F3N3O8. The molecule has 32 heavy (non-hydrogen) atoms. The number of halogens is 3. The van der Waals surface area contributed by atoms with Crippen molar-refractivity contribution in [2.45, 2.75) is 37.4 Å². The highest BCUT2D eigenvalue weighted by atomic mass is 19.4. The van der Waals surface area contributed by atoms with Crippen LogP contribution in [0.25, 0.3) is 11.0 Å². The molecule has 3 heterocycles. The van der Waals surface area contributed by atoms with Crippen LogP contribution in [0.4, 0.5) is 13.2 Å². The van der Waals surface area contributed by atoms with Crippen LogP contribution in [0, 0.1) is 0 Å². The summed E-state index contributed by atoms with van der Waals surface area (Å²) < 4.78 is 52.9. The van der Waals surface area contributed by atoms with E-state index in [1.165, 1.54) is 6.07 Å². The molecule has 172 valence electrons. The predicted molar refractivity (Wildman–Crippen MR) is 97.8 cm³/mol. The lowest BCUT2D eigenvalue weighted by Gasteiger charge is -2.18. The van der Waals surface area contributed by atoms with Gasteiger partial charge in [0, 0.05) is 23.7 Å². The third-order valence-corrected chi connectivity index (χ3v) is 4.95. The molecule has 0 radical (unpaired) electrons. The van der Waals surface area contributed by atoms with E-state index in [0.717, 1.165) is 33.5 Å². The first-order valence-electron chi connectivity index (χ1n) is 9.17. The summed E-state index contributed by atoms with van der Waals surface area (Å²) in [5.41, 5.74) is -1.63. The number of rotatable bonds is 5. The number of hydrogen-bond acceptors (Lipinski definition) is 9. The number of hydrogen-bond donors (Lipinski definition) is 3. The molecule has 1 fully saturated rings. The summed E-state index contributed by atoms with van der Waals surface area (Å²) in [6, 6.07) is 4.25. The first-order valence-corrected chi connectivity index (χ1v) is 9.17. The Kier molecular flexibility index (Phi) is 5.54. The molecule has 0 amide bonds. The maximum absolute atomic E-state index is 12.9. The van der Waals surface area contributed by atoms with Crippen LogP contribution in [-0.2, 0) is 11.3 Å². The number of aliphatic hydroxyl groups excluding tert-OH is 3. The normalized spacial score (nSPS) is 23.7. The molecule has 14 heteroatoms. The zero-order valence-corrected chi connectivity index (χ0v) is 16.0. The van der Waals surface area contributed by atoms with Gasteiger partial charge in [-0.3, -0.25) is 13.9 Å². The van der Waals surface area contributed by atoms with Gasteiger partial charge in [-0.15, -0.1) is 13.2 Å². The summed E-state index contributed by atoms with van der Waals surface area (Å²) in [5, 5.41) is 33.2. The first-order chi connectivity index (χ1) is 15.1. The van der Waals surface area contributed by atoms with E-state index in [2.05, 4.69) is 9.89 Å². The number of benzene rings is 1. The van der Waals surface area contributed by atoms with E-state index in [0.29, 0.717) is 0 Å². The van der Waals surface area contributed by atoms with Gasteiger partial charge in [-0.2, -0.15) is 0 Å². The van der Waals surface area contributed by atoms with E-state index in [9.17, 15) is 38.1 Å². The zero-order chi connectivity index (χ0) is 23.2. The minimum atomic E-state index is -4.89. The standard InChI is InChI=1S/C18H16F3N3O8/c19-18(20,21)31-8-1-2-9-10(22-32-11(9)5-8)6-24-13(26)3-4-23(17(24)29)16-15(28)14(27)12(7-25)30-16/h1-5,12,14-16,25,27-28H,6-7H2. The largest absolute Gasteiger partial charge is 0.573 e. The third-order valence-electron chi connectivity index (χ3n) is 4.95. The van der Waals surface area contributed by atoms with Gasteiger partial charge in [0.25, 0.3) is 5.56 Å². The maximum atomic E-state index is 12.9. The van der Waals surface area contributed by atoms with E-state index in [1.54, 1.807) is 0 Å². The van der Waals surface area contributed by atoms with Crippen molar-refractivity contribution in [1.82, 2.24) is 14.3 Å². The number of ether oxygens (including phenoxy) is 2. The van der Waals surface area contributed by atoms with E-state index < -0.39 is 61.1 Å². The Morgan fingerprint density at radius 2 is 1.91 bits per heavy atom. The SMILES string of the molecule is O=c1ccn(C2OC(CO)C(O)C2O)c(=O)n1Cc1noc2cc(OC(F)(F)F)ccc12. The Bertz CT molecular complexity index is 1250. The Balaban J connectivity index is 1.67. The minimum absolute atomic E-state index is 0.0606. The molecule has 1 aliphatic heterocycles. The van der Waals surface area contributed by atoms with Gasteiger partial charge in [0.15, 0.2) is 11.8 Å². The first kappa shape index (κ1) is 22.0. The molecule has 2 aromatic heterocycles. The average molecular weight is 459 g/mol. The highest BCUT2D eigenvalue weighted by Crippen LogP contribution is 2.29.